The molecule has 0 saturated carbocycles. The molecule has 3 unspecified atom stereocenters. The summed E-state index contributed by atoms with van der Waals surface area (Å²) in [6.07, 6.45) is 12.1. The lowest BCUT2D eigenvalue weighted by Gasteiger charge is -2.50. The highest BCUT2D eigenvalue weighted by molar-refractivity contribution is 9.10. The SMILES string of the molecule is CCCCCCCCCCCCOC1CC[N+]12C(C(Br)C(=O)Nc1ccccc1OC)=Nc1ccccc1S2(=O)=O. The molecule has 10 heteroatoms. The van der Waals surface area contributed by atoms with Crippen LogP contribution in [0.4, 0.5) is 11.4 Å². The van der Waals surface area contributed by atoms with E-state index in [1.165, 1.54) is 52.1 Å². The number of alkyl halides is 1. The summed E-state index contributed by atoms with van der Waals surface area (Å²) in [5.41, 5.74) is 0.828. The number of methoxy groups -OCH3 is 1. The molecule has 224 valence electrons. The number of hydrogen-bond donors (Lipinski definition) is 1. The lowest BCUT2D eigenvalue weighted by atomic mass is 10.1. The third kappa shape index (κ3) is 6.87. The van der Waals surface area contributed by atoms with Crippen LogP contribution in [0.25, 0.3) is 0 Å². The number of amidine groups is 1. The third-order valence-electron chi connectivity index (χ3n) is 8.00. The number of ether oxygens (including phenoxy) is 2. The summed E-state index contributed by atoms with van der Waals surface area (Å²) in [4.78, 5) is 17.4. The van der Waals surface area contributed by atoms with Crippen LogP contribution < -0.4 is 10.1 Å². The molecule has 0 radical (unpaired) electrons. The summed E-state index contributed by atoms with van der Waals surface area (Å²) >= 11 is 3.51. The number of quaternary nitrogens is 1. The van der Waals surface area contributed by atoms with Gasteiger partial charge in [-0.05, 0) is 30.7 Å². The van der Waals surface area contributed by atoms with E-state index in [-0.39, 0.29) is 10.7 Å². The van der Waals surface area contributed by atoms with Crippen LogP contribution in [0.1, 0.15) is 77.6 Å². The van der Waals surface area contributed by atoms with Crippen molar-refractivity contribution in [2.24, 2.45) is 4.99 Å². The number of fused-ring (bicyclic) bond motifs is 1. The predicted molar refractivity (Wildman–Crippen MR) is 166 cm³/mol. The van der Waals surface area contributed by atoms with E-state index in [4.69, 9.17) is 14.5 Å². The fourth-order valence-electron chi connectivity index (χ4n) is 5.60. The summed E-state index contributed by atoms with van der Waals surface area (Å²) in [6.45, 7) is 3.01. The minimum Gasteiger partial charge on any atom is -0.495 e. The third-order valence-corrected chi connectivity index (χ3v) is 11.2. The number of sulfonamides is 1. The van der Waals surface area contributed by atoms with Crippen molar-refractivity contribution in [1.29, 1.82) is 0 Å². The minimum atomic E-state index is -3.93. The van der Waals surface area contributed by atoms with Crippen molar-refractivity contribution in [2.75, 3.05) is 25.6 Å². The van der Waals surface area contributed by atoms with Crippen molar-refractivity contribution < 1.29 is 26.6 Å². The summed E-state index contributed by atoms with van der Waals surface area (Å²) < 4.78 is 39.4. The van der Waals surface area contributed by atoms with E-state index in [1.54, 1.807) is 42.5 Å². The molecule has 2 aliphatic rings. The Labute approximate surface area is 253 Å². The van der Waals surface area contributed by atoms with E-state index in [0.717, 1.165) is 19.3 Å². The Hall–Kier alpha value is -2.27. The van der Waals surface area contributed by atoms with Crippen LogP contribution in [0.3, 0.4) is 0 Å². The number of hydrogen-bond acceptors (Lipinski definition) is 6. The standard InChI is InChI=1S/C31H42BrN3O5S/c1-3-4-5-6-7-8-9-10-11-16-23-40-28-21-22-35(28)30(33-25-18-13-15-20-27(25)41(35,37)38)29(32)31(36)34-24-17-12-14-19-26(24)39-2/h12-15,17-20,28-29H,3-11,16,21-23H2,1-2H3/p+1. The summed E-state index contributed by atoms with van der Waals surface area (Å²) in [5, 5.41) is 2.86. The zero-order chi connectivity index (χ0) is 29.3. The van der Waals surface area contributed by atoms with Crippen molar-refractivity contribution in [2.45, 2.75) is 93.5 Å². The van der Waals surface area contributed by atoms with Gasteiger partial charge in [0.2, 0.25) is 18.0 Å². The van der Waals surface area contributed by atoms with E-state index >= 15 is 0 Å². The van der Waals surface area contributed by atoms with Crippen LogP contribution in [-0.2, 0) is 19.6 Å². The number of nitrogens with zero attached hydrogens (tertiary/aromatic N) is 2. The van der Waals surface area contributed by atoms with Gasteiger partial charge in [-0.3, -0.25) is 4.79 Å². The van der Waals surface area contributed by atoms with Crippen molar-refractivity contribution >= 4 is 49.1 Å². The Morgan fingerprint density at radius 2 is 1.63 bits per heavy atom. The van der Waals surface area contributed by atoms with Gasteiger partial charge in [0.15, 0.2) is 4.83 Å². The first-order valence-electron chi connectivity index (χ1n) is 14.9. The molecule has 1 N–H and O–H groups in total. The zero-order valence-electron chi connectivity index (χ0n) is 24.2. The van der Waals surface area contributed by atoms with Gasteiger partial charge in [0.1, 0.15) is 17.2 Å². The molecule has 3 atom stereocenters. The van der Waals surface area contributed by atoms with Gasteiger partial charge in [0, 0.05) is 0 Å². The molecule has 1 spiro atoms. The van der Waals surface area contributed by atoms with Crippen LogP contribution in [0.15, 0.2) is 58.4 Å². The molecule has 0 aliphatic carbocycles. The zero-order valence-corrected chi connectivity index (χ0v) is 26.6. The van der Waals surface area contributed by atoms with E-state index in [9.17, 15) is 13.2 Å². The maximum absolute atomic E-state index is 14.2. The molecule has 2 aromatic rings. The number of carbonyl (C=O) groups excluding carboxylic acids is 1. The minimum absolute atomic E-state index is 0.167. The van der Waals surface area contributed by atoms with Crippen molar-refractivity contribution in [1.82, 2.24) is 0 Å². The monoisotopic (exact) mass is 648 g/mol. The smallest absolute Gasteiger partial charge is 0.337 e. The molecule has 1 amide bonds. The van der Waals surface area contributed by atoms with Gasteiger partial charge in [-0.1, -0.05) is 105 Å². The first-order chi connectivity index (χ1) is 19.9. The van der Waals surface area contributed by atoms with Crippen LogP contribution in [0.2, 0.25) is 0 Å². The Balaban J connectivity index is 1.44. The number of carbonyl (C=O) groups is 1. The fourth-order valence-corrected chi connectivity index (χ4v) is 8.51. The number of benzene rings is 2. The number of halogens is 1. The first kappa shape index (κ1) is 31.7. The highest BCUT2D eigenvalue weighted by Crippen LogP contribution is 2.47. The Morgan fingerprint density at radius 1 is 1.00 bits per heavy atom. The number of amides is 1. The number of nitrogens with one attached hydrogen (secondary N) is 1. The van der Waals surface area contributed by atoms with Crippen LogP contribution in [-0.4, -0.2) is 55.4 Å². The summed E-state index contributed by atoms with van der Waals surface area (Å²) in [6, 6.07) is 13.8. The molecule has 2 aliphatic heterocycles. The second-order valence-electron chi connectivity index (χ2n) is 10.8. The lowest BCUT2D eigenvalue weighted by Crippen LogP contribution is -2.74. The number of unbranched alkanes of at least 4 members (excludes halogenated alkanes) is 9. The highest BCUT2D eigenvalue weighted by atomic mass is 79.9. The molecule has 2 heterocycles. The quantitative estimate of drug-likeness (QED) is 0.117. The van der Waals surface area contributed by atoms with Gasteiger partial charge in [0.05, 0.1) is 31.5 Å². The van der Waals surface area contributed by atoms with E-state index in [0.29, 0.717) is 36.7 Å². The second kappa shape index (κ2) is 14.8. The van der Waals surface area contributed by atoms with Gasteiger partial charge in [-0.2, -0.15) is 13.4 Å². The average Bonchev–Trinajstić information content (AvgIpc) is 2.96. The molecule has 1 fully saturated rings. The lowest BCUT2D eigenvalue weighted by molar-refractivity contribution is -0.826. The van der Waals surface area contributed by atoms with Crippen LogP contribution in [0, 0.1) is 0 Å². The van der Waals surface area contributed by atoms with Gasteiger partial charge in [0.25, 0.3) is 0 Å². The van der Waals surface area contributed by atoms with E-state index in [2.05, 4.69) is 28.2 Å². The van der Waals surface area contributed by atoms with Crippen LogP contribution in [0.5, 0.6) is 5.75 Å². The van der Waals surface area contributed by atoms with Gasteiger partial charge in [-0.25, -0.2) is 0 Å². The molecule has 8 nitrogen and oxygen atoms in total. The first-order valence-corrected chi connectivity index (χ1v) is 17.2. The maximum Gasteiger partial charge on any atom is 0.337 e. The van der Waals surface area contributed by atoms with E-state index < -0.39 is 30.9 Å². The highest BCUT2D eigenvalue weighted by Gasteiger charge is 2.65. The predicted octanol–water partition coefficient (Wildman–Crippen LogP) is 7.31. The van der Waals surface area contributed by atoms with Crippen molar-refractivity contribution in [3.63, 3.8) is 0 Å². The maximum atomic E-state index is 14.2. The largest absolute Gasteiger partial charge is 0.495 e. The topological polar surface area (TPSA) is 94.1 Å². The molecular formula is C31H43BrN3O5S+. The number of anilines is 1. The molecule has 0 bridgehead atoms. The molecule has 2 aromatic carbocycles. The number of aliphatic imine (C=N–C) groups is 1. The fraction of sp³-hybridized carbons (Fsp3) is 0.548. The Kier molecular flexibility index (Phi) is 11.4. The van der Waals surface area contributed by atoms with Gasteiger partial charge in [-0.15, -0.1) is 3.89 Å². The van der Waals surface area contributed by atoms with Gasteiger partial charge >= 0.3 is 10.0 Å². The molecular weight excluding hydrogens is 606 g/mol. The van der Waals surface area contributed by atoms with Gasteiger partial charge < -0.3 is 14.8 Å². The van der Waals surface area contributed by atoms with Crippen LogP contribution >= 0.6 is 15.9 Å². The molecule has 4 rings (SSSR count). The Morgan fingerprint density at radius 3 is 2.29 bits per heavy atom. The number of rotatable bonds is 16. The molecule has 0 aromatic heterocycles. The number of para-hydroxylation sites is 3. The summed E-state index contributed by atoms with van der Waals surface area (Å²) in [5.74, 6) is 0.297. The van der Waals surface area contributed by atoms with Crippen molar-refractivity contribution in [3.05, 3.63) is 48.5 Å². The average molecular weight is 650 g/mol. The normalized spacial score (nSPS) is 21.4. The summed E-state index contributed by atoms with van der Waals surface area (Å²) in [7, 11) is -2.40. The van der Waals surface area contributed by atoms with E-state index in [1.807, 2.05) is 6.07 Å². The molecule has 1 saturated heterocycles. The Bertz CT molecular complexity index is 1320. The molecule has 41 heavy (non-hydrogen) atoms. The second-order valence-corrected chi connectivity index (χ2v) is 13.7. The van der Waals surface area contributed by atoms with Crippen molar-refractivity contribution in [3.8, 4) is 5.75 Å².